The molecule has 3 rings (SSSR count). The average molecular weight is 322 g/mol. The summed E-state index contributed by atoms with van der Waals surface area (Å²) in [4.78, 5) is 13.7. The van der Waals surface area contributed by atoms with E-state index in [2.05, 4.69) is 31.2 Å². The van der Waals surface area contributed by atoms with E-state index in [0.29, 0.717) is 11.5 Å². The van der Waals surface area contributed by atoms with Gasteiger partial charge < -0.3 is 4.74 Å². The standard InChI is InChI=1S/C17H22O2S2/c1-13-3-2-4-15(9-13)21-11-16(18)14-5-7-19-17(10-14)6-8-20-12-17/h2-4,9,14H,5-8,10-12H2,1H3. The summed E-state index contributed by atoms with van der Waals surface area (Å²) < 4.78 is 6.01. The molecule has 2 atom stereocenters. The highest BCUT2D eigenvalue weighted by Crippen LogP contribution is 2.41. The van der Waals surface area contributed by atoms with Gasteiger partial charge in [-0.05, 0) is 44.1 Å². The highest BCUT2D eigenvalue weighted by Gasteiger charge is 2.42. The highest BCUT2D eigenvalue weighted by atomic mass is 32.2. The van der Waals surface area contributed by atoms with Crippen LogP contribution < -0.4 is 0 Å². The van der Waals surface area contributed by atoms with Crippen molar-refractivity contribution in [3.8, 4) is 0 Å². The second kappa shape index (κ2) is 6.76. The number of carbonyl (C=O) groups excluding carboxylic acids is 1. The minimum atomic E-state index is 0.0112. The lowest BCUT2D eigenvalue weighted by atomic mass is 9.83. The molecule has 2 heterocycles. The third-order valence-electron chi connectivity index (χ3n) is 4.39. The van der Waals surface area contributed by atoms with Gasteiger partial charge in [0.15, 0.2) is 0 Å². The van der Waals surface area contributed by atoms with Gasteiger partial charge in [-0.1, -0.05) is 17.7 Å². The summed E-state index contributed by atoms with van der Waals surface area (Å²) in [6.45, 7) is 2.85. The van der Waals surface area contributed by atoms with Gasteiger partial charge in [-0.15, -0.1) is 11.8 Å². The first-order chi connectivity index (χ1) is 10.2. The summed E-state index contributed by atoms with van der Waals surface area (Å²) in [6, 6.07) is 8.38. The molecular formula is C17H22O2S2. The van der Waals surface area contributed by atoms with Crippen LogP contribution in [-0.4, -0.2) is 35.2 Å². The molecule has 0 bridgehead atoms. The number of hydrogen-bond donors (Lipinski definition) is 0. The largest absolute Gasteiger partial charge is 0.374 e. The molecular weight excluding hydrogens is 300 g/mol. The van der Waals surface area contributed by atoms with Crippen molar-refractivity contribution in [3.63, 3.8) is 0 Å². The normalized spacial score (nSPS) is 28.9. The molecule has 0 N–H and O–H groups in total. The summed E-state index contributed by atoms with van der Waals surface area (Å²) in [7, 11) is 0. The maximum Gasteiger partial charge on any atom is 0.146 e. The van der Waals surface area contributed by atoms with Gasteiger partial charge in [0.1, 0.15) is 5.78 Å². The van der Waals surface area contributed by atoms with Crippen LogP contribution in [0.25, 0.3) is 0 Å². The van der Waals surface area contributed by atoms with Gasteiger partial charge in [0.25, 0.3) is 0 Å². The number of carbonyl (C=O) groups is 1. The fourth-order valence-electron chi connectivity index (χ4n) is 3.14. The molecule has 4 heteroatoms. The van der Waals surface area contributed by atoms with Crippen LogP contribution in [0, 0.1) is 12.8 Å². The molecule has 2 saturated heterocycles. The predicted molar refractivity (Wildman–Crippen MR) is 90.3 cm³/mol. The van der Waals surface area contributed by atoms with Crippen LogP contribution in [0.15, 0.2) is 29.2 Å². The number of rotatable bonds is 4. The van der Waals surface area contributed by atoms with Gasteiger partial charge >= 0.3 is 0 Å². The van der Waals surface area contributed by atoms with Crippen molar-refractivity contribution in [2.24, 2.45) is 5.92 Å². The van der Waals surface area contributed by atoms with Crippen LogP contribution in [0.5, 0.6) is 0 Å². The molecule has 1 spiro atoms. The number of thioether (sulfide) groups is 2. The van der Waals surface area contributed by atoms with Crippen LogP contribution in [0.2, 0.25) is 0 Å². The maximum absolute atomic E-state index is 12.5. The van der Waals surface area contributed by atoms with E-state index >= 15 is 0 Å². The van der Waals surface area contributed by atoms with Gasteiger partial charge in [-0.2, -0.15) is 11.8 Å². The zero-order valence-corrected chi connectivity index (χ0v) is 14.1. The number of benzene rings is 1. The zero-order chi connectivity index (χ0) is 14.7. The van der Waals surface area contributed by atoms with Gasteiger partial charge in [-0.3, -0.25) is 4.79 Å². The molecule has 0 radical (unpaired) electrons. The van der Waals surface area contributed by atoms with Crippen molar-refractivity contribution in [2.45, 2.75) is 36.7 Å². The summed E-state index contributed by atoms with van der Waals surface area (Å²) in [5.41, 5.74) is 1.26. The second-order valence-corrected chi connectivity index (χ2v) is 8.25. The molecule has 2 aliphatic rings. The molecule has 0 amide bonds. The van der Waals surface area contributed by atoms with Crippen molar-refractivity contribution < 1.29 is 9.53 Å². The monoisotopic (exact) mass is 322 g/mol. The van der Waals surface area contributed by atoms with Crippen molar-refractivity contribution in [3.05, 3.63) is 29.8 Å². The first kappa shape index (κ1) is 15.4. The van der Waals surface area contributed by atoms with E-state index in [0.717, 1.165) is 31.6 Å². The summed E-state index contributed by atoms with van der Waals surface area (Å²) in [6.07, 6.45) is 2.96. The number of ether oxygens (including phenoxy) is 1. The molecule has 2 aliphatic heterocycles. The number of ketones is 1. The lowest BCUT2D eigenvalue weighted by Gasteiger charge is -2.37. The SMILES string of the molecule is Cc1cccc(SCC(=O)C2CCOC3(CCSC3)C2)c1. The van der Waals surface area contributed by atoms with Gasteiger partial charge in [0.05, 0.1) is 11.4 Å². The zero-order valence-electron chi connectivity index (χ0n) is 12.5. The summed E-state index contributed by atoms with van der Waals surface area (Å²) >= 11 is 3.64. The Labute approximate surface area is 135 Å². The van der Waals surface area contributed by atoms with E-state index < -0.39 is 0 Å². The molecule has 0 aromatic heterocycles. The number of hydrogen-bond acceptors (Lipinski definition) is 4. The van der Waals surface area contributed by atoms with Crippen molar-refractivity contribution in [1.29, 1.82) is 0 Å². The quantitative estimate of drug-likeness (QED) is 0.784. The summed E-state index contributed by atoms with van der Waals surface area (Å²) in [5, 5.41) is 0. The molecule has 114 valence electrons. The van der Waals surface area contributed by atoms with E-state index in [1.54, 1.807) is 11.8 Å². The first-order valence-corrected chi connectivity index (χ1v) is 9.75. The molecule has 2 fully saturated rings. The fraction of sp³-hybridized carbons (Fsp3) is 0.588. The van der Waals surface area contributed by atoms with Gasteiger partial charge in [-0.25, -0.2) is 0 Å². The molecule has 1 aromatic rings. The Morgan fingerprint density at radius 3 is 3.19 bits per heavy atom. The van der Waals surface area contributed by atoms with Crippen molar-refractivity contribution >= 4 is 29.3 Å². The number of aryl methyl sites for hydroxylation is 1. The molecule has 21 heavy (non-hydrogen) atoms. The van der Waals surface area contributed by atoms with E-state index in [1.807, 2.05) is 11.8 Å². The van der Waals surface area contributed by atoms with Crippen LogP contribution >= 0.6 is 23.5 Å². The lowest BCUT2D eigenvalue weighted by molar-refractivity contribution is -0.131. The smallest absolute Gasteiger partial charge is 0.146 e. The summed E-state index contributed by atoms with van der Waals surface area (Å²) in [5.74, 6) is 3.45. The third kappa shape index (κ3) is 3.85. The van der Waals surface area contributed by atoms with E-state index in [1.165, 1.54) is 16.2 Å². The van der Waals surface area contributed by atoms with Crippen LogP contribution in [0.1, 0.15) is 24.8 Å². The topological polar surface area (TPSA) is 26.3 Å². The van der Waals surface area contributed by atoms with Crippen LogP contribution in [0.4, 0.5) is 0 Å². The first-order valence-electron chi connectivity index (χ1n) is 7.61. The minimum absolute atomic E-state index is 0.0112. The Morgan fingerprint density at radius 1 is 1.52 bits per heavy atom. The Balaban J connectivity index is 1.55. The Morgan fingerprint density at radius 2 is 2.43 bits per heavy atom. The lowest BCUT2D eigenvalue weighted by Crippen LogP contribution is -2.42. The van der Waals surface area contributed by atoms with E-state index in [-0.39, 0.29) is 11.5 Å². The minimum Gasteiger partial charge on any atom is -0.374 e. The molecule has 2 unspecified atom stereocenters. The molecule has 0 saturated carbocycles. The Bertz CT molecular complexity index is 509. The van der Waals surface area contributed by atoms with Crippen molar-refractivity contribution in [2.75, 3.05) is 23.9 Å². The van der Waals surface area contributed by atoms with Gasteiger partial charge in [0, 0.05) is 23.2 Å². The maximum atomic E-state index is 12.5. The second-order valence-electron chi connectivity index (χ2n) is 6.10. The highest BCUT2D eigenvalue weighted by molar-refractivity contribution is 8.00. The number of Topliss-reactive ketones (excluding diaryl/α,β-unsaturated/α-hetero) is 1. The fourth-order valence-corrected chi connectivity index (χ4v) is 5.51. The van der Waals surface area contributed by atoms with E-state index in [4.69, 9.17) is 4.74 Å². The Hall–Kier alpha value is -0.450. The van der Waals surface area contributed by atoms with Crippen LogP contribution in [0.3, 0.4) is 0 Å². The average Bonchev–Trinajstić information content (AvgIpc) is 2.93. The van der Waals surface area contributed by atoms with Crippen LogP contribution in [-0.2, 0) is 9.53 Å². The predicted octanol–water partition coefficient (Wildman–Crippen LogP) is 3.96. The molecule has 2 nitrogen and oxygen atoms in total. The van der Waals surface area contributed by atoms with E-state index in [9.17, 15) is 4.79 Å². The van der Waals surface area contributed by atoms with Gasteiger partial charge in [0.2, 0.25) is 0 Å². The molecule has 0 aliphatic carbocycles. The van der Waals surface area contributed by atoms with Crippen molar-refractivity contribution in [1.82, 2.24) is 0 Å². The molecule has 1 aromatic carbocycles. The third-order valence-corrected chi connectivity index (χ3v) is 6.63. The Kier molecular flexibility index (Phi) is 4.97.